The first kappa shape index (κ1) is 16.8. The summed E-state index contributed by atoms with van der Waals surface area (Å²) in [4.78, 5) is 18.4. The van der Waals surface area contributed by atoms with Gasteiger partial charge in [0.2, 0.25) is 0 Å². The molecule has 0 unspecified atom stereocenters. The van der Waals surface area contributed by atoms with E-state index in [4.69, 9.17) is 4.74 Å². The van der Waals surface area contributed by atoms with Crippen LogP contribution in [0.2, 0.25) is 0 Å². The lowest BCUT2D eigenvalue weighted by atomic mass is 10.1. The number of carbonyl (C=O) groups excluding carboxylic acids is 1. The van der Waals surface area contributed by atoms with Gasteiger partial charge in [0.1, 0.15) is 11.9 Å². The minimum atomic E-state index is 0.0525. The van der Waals surface area contributed by atoms with Crippen LogP contribution in [-0.4, -0.2) is 35.0 Å². The molecule has 1 aliphatic heterocycles. The Morgan fingerprint density at radius 3 is 2.54 bits per heavy atom. The van der Waals surface area contributed by atoms with Crippen LogP contribution in [0.4, 0.5) is 0 Å². The van der Waals surface area contributed by atoms with Crippen molar-refractivity contribution in [2.24, 2.45) is 0 Å². The summed E-state index contributed by atoms with van der Waals surface area (Å²) in [7, 11) is 0. The number of hydrogen-bond acceptors (Lipinski definition) is 4. The van der Waals surface area contributed by atoms with Crippen LogP contribution in [0, 0.1) is 0 Å². The zero-order valence-electron chi connectivity index (χ0n) is 14.4. The lowest BCUT2D eigenvalue weighted by molar-refractivity contribution is 0.0595. The number of likely N-dealkylation sites (tertiary alicyclic amines) is 1. The predicted octanol–water partition coefficient (Wildman–Crippen LogP) is 4.49. The van der Waals surface area contributed by atoms with E-state index in [2.05, 4.69) is 33.9 Å². The quantitative estimate of drug-likeness (QED) is 0.685. The zero-order valence-corrected chi connectivity index (χ0v) is 15.2. The molecule has 0 aliphatic carbocycles. The van der Waals surface area contributed by atoms with Gasteiger partial charge in [-0.1, -0.05) is 12.1 Å². The standard InChI is InChI=1S/C21H20N2O2S/c24-21(17-2-1-10-22-14-17)23-11-7-20(8-12-23)25-19-5-3-16(4-6-19)18-9-13-26-15-18/h1-6,9-10,13-15,20H,7-8,11-12H2. The van der Waals surface area contributed by atoms with E-state index >= 15 is 0 Å². The molecule has 1 fully saturated rings. The van der Waals surface area contributed by atoms with E-state index in [1.54, 1.807) is 29.8 Å². The van der Waals surface area contributed by atoms with E-state index in [1.807, 2.05) is 23.1 Å². The molecule has 3 aromatic rings. The van der Waals surface area contributed by atoms with Crippen LogP contribution in [-0.2, 0) is 0 Å². The Bertz CT molecular complexity index is 839. The SMILES string of the molecule is O=C(c1cccnc1)N1CCC(Oc2ccc(-c3ccsc3)cc2)CC1. The number of rotatable bonds is 4. The van der Waals surface area contributed by atoms with Gasteiger partial charge in [0.15, 0.2) is 0 Å². The number of ether oxygens (including phenoxy) is 1. The zero-order chi connectivity index (χ0) is 17.8. The van der Waals surface area contributed by atoms with E-state index in [-0.39, 0.29) is 12.0 Å². The van der Waals surface area contributed by atoms with Gasteiger partial charge in [0.05, 0.1) is 5.56 Å². The highest BCUT2D eigenvalue weighted by molar-refractivity contribution is 7.08. The Kier molecular flexibility index (Phi) is 4.97. The van der Waals surface area contributed by atoms with Crippen molar-refractivity contribution in [3.05, 3.63) is 71.2 Å². The van der Waals surface area contributed by atoms with Crippen molar-refractivity contribution in [3.63, 3.8) is 0 Å². The van der Waals surface area contributed by atoms with Crippen molar-refractivity contribution in [1.82, 2.24) is 9.88 Å². The normalized spacial score (nSPS) is 15.0. The van der Waals surface area contributed by atoms with Gasteiger partial charge in [0, 0.05) is 38.3 Å². The van der Waals surface area contributed by atoms with Crippen LogP contribution in [0.3, 0.4) is 0 Å². The molecule has 0 atom stereocenters. The summed E-state index contributed by atoms with van der Waals surface area (Å²) in [5, 5.41) is 4.23. The van der Waals surface area contributed by atoms with Gasteiger partial charge in [-0.2, -0.15) is 11.3 Å². The van der Waals surface area contributed by atoms with Gasteiger partial charge in [0.25, 0.3) is 5.91 Å². The number of thiophene rings is 1. The average Bonchev–Trinajstić information content (AvgIpc) is 3.24. The fourth-order valence-corrected chi connectivity index (χ4v) is 3.86. The van der Waals surface area contributed by atoms with E-state index in [0.29, 0.717) is 18.7 Å². The maximum absolute atomic E-state index is 12.5. The van der Waals surface area contributed by atoms with Crippen molar-refractivity contribution in [1.29, 1.82) is 0 Å². The molecule has 0 N–H and O–H groups in total. The third-order valence-corrected chi connectivity index (χ3v) is 5.33. The van der Waals surface area contributed by atoms with Crippen LogP contribution < -0.4 is 4.74 Å². The molecule has 4 rings (SSSR count). The predicted molar refractivity (Wildman–Crippen MR) is 104 cm³/mol. The van der Waals surface area contributed by atoms with E-state index in [1.165, 1.54) is 11.1 Å². The van der Waals surface area contributed by atoms with Crippen molar-refractivity contribution < 1.29 is 9.53 Å². The molecule has 26 heavy (non-hydrogen) atoms. The van der Waals surface area contributed by atoms with Crippen LogP contribution in [0.15, 0.2) is 65.6 Å². The van der Waals surface area contributed by atoms with Crippen LogP contribution >= 0.6 is 11.3 Å². The Labute approximate surface area is 157 Å². The molecule has 0 radical (unpaired) electrons. The summed E-state index contributed by atoms with van der Waals surface area (Å²) in [5.74, 6) is 0.942. The monoisotopic (exact) mass is 364 g/mol. The first-order chi connectivity index (χ1) is 12.8. The number of hydrogen-bond donors (Lipinski definition) is 0. The minimum Gasteiger partial charge on any atom is -0.490 e. The summed E-state index contributed by atoms with van der Waals surface area (Å²) in [6.45, 7) is 1.43. The number of pyridine rings is 1. The molecule has 1 saturated heterocycles. The Balaban J connectivity index is 1.32. The molecule has 132 valence electrons. The van der Waals surface area contributed by atoms with Gasteiger partial charge in [-0.05, 0) is 52.2 Å². The molecular weight excluding hydrogens is 344 g/mol. The van der Waals surface area contributed by atoms with Gasteiger partial charge in [-0.15, -0.1) is 0 Å². The molecule has 0 spiro atoms. The first-order valence-corrected chi connectivity index (χ1v) is 9.72. The number of amides is 1. The van der Waals surface area contributed by atoms with Gasteiger partial charge < -0.3 is 9.64 Å². The summed E-state index contributed by atoms with van der Waals surface area (Å²) in [5.41, 5.74) is 3.09. The number of benzene rings is 1. The smallest absolute Gasteiger partial charge is 0.255 e. The van der Waals surface area contributed by atoms with Gasteiger partial charge >= 0.3 is 0 Å². The molecule has 2 aromatic heterocycles. The summed E-state index contributed by atoms with van der Waals surface area (Å²) >= 11 is 1.70. The van der Waals surface area contributed by atoms with Gasteiger partial charge in [-0.25, -0.2) is 0 Å². The molecule has 0 bridgehead atoms. The lowest BCUT2D eigenvalue weighted by Gasteiger charge is -2.32. The minimum absolute atomic E-state index is 0.0525. The third-order valence-electron chi connectivity index (χ3n) is 4.65. The maximum atomic E-state index is 12.5. The second-order valence-electron chi connectivity index (χ2n) is 6.39. The van der Waals surface area contributed by atoms with Gasteiger partial charge in [-0.3, -0.25) is 9.78 Å². The second kappa shape index (κ2) is 7.70. The fraction of sp³-hybridized carbons (Fsp3) is 0.238. The molecule has 3 heterocycles. The van der Waals surface area contributed by atoms with Crippen LogP contribution in [0.25, 0.3) is 11.1 Å². The highest BCUT2D eigenvalue weighted by Crippen LogP contribution is 2.26. The highest BCUT2D eigenvalue weighted by Gasteiger charge is 2.24. The number of carbonyl (C=O) groups is 1. The molecule has 5 heteroatoms. The molecule has 0 saturated carbocycles. The number of aromatic nitrogens is 1. The molecule has 1 aromatic carbocycles. The summed E-state index contributed by atoms with van der Waals surface area (Å²) in [6.07, 6.45) is 5.15. The largest absolute Gasteiger partial charge is 0.490 e. The fourth-order valence-electron chi connectivity index (χ4n) is 3.20. The molecule has 1 amide bonds. The van der Waals surface area contributed by atoms with Crippen LogP contribution in [0.5, 0.6) is 5.75 Å². The highest BCUT2D eigenvalue weighted by atomic mass is 32.1. The lowest BCUT2D eigenvalue weighted by Crippen LogP contribution is -2.41. The number of piperidine rings is 1. The summed E-state index contributed by atoms with van der Waals surface area (Å²) in [6, 6.07) is 14.0. The topological polar surface area (TPSA) is 42.4 Å². The molecule has 4 nitrogen and oxygen atoms in total. The number of nitrogens with zero attached hydrogens (tertiary/aromatic N) is 2. The van der Waals surface area contributed by atoms with E-state index < -0.39 is 0 Å². The average molecular weight is 364 g/mol. The van der Waals surface area contributed by atoms with Crippen molar-refractivity contribution in [2.75, 3.05) is 13.1 Å². The Hall–Kier alpha value is -2.66. The van der Waals surface area contributed by atoms with Crippen molar-refractivity contribution >= 4 is 17.2 Å². The van der Waals surface area contributed by atoms with Crippen molar-refractivity contribution in [3.8, 4) is 16.9 Å². The van der Waals surface area contributed by atoms with E-state index in [9.17, 15) is 4.79 Å². The second-order valence-corrected chi connectivity index (χ2v) is 7.17. The molecule has 1 aliphatic rings. The molecular formula is C21H20N2O2S. The Morgan fingerprint density at radius 1 is 1.08 bits per heavy atom. The van der Waals surface area contributed by atoms with Crippen molar-refractivity contribution in [2.45, 2.75) is 18.9 Å². The van der Waals surface area contributed by atoms with E-state index in [0.717, 1.165) is 18.6 Å². The first-order valence-electron chi connectivity index (χ1n) is 8.78. The third kappa shape index (κ3) is 3.78. The Morgan fingerprint density at radius 2 is 1.88 bits per heavy atom. The summed E-state index contributed by atoms with van der Waals surface area (Å²) < 4.78 is 6.11. The maximum Gasteiger partial charge on any atom is 0.255 e. The van der Waals surface area contributed by atoms with Crippen LogP contribution in [0.1, 0.15) is 23.2 Å².